The van der Waals surface area contributed by atoms with Gasteiger partial charge in [-0.2, -0.15) is 0 Å². The number of halogens is 1. The second-order valence-corrected chi connectivity index (χ2v) is 7.73. The monoisotopic (exact) mass is 469 g/mol. The molecule has 8 heteroatoms. The Labute approximate surface area is 200 Å². The van der Waals surface area contributed by atoms with Gasteiger partial charge in [-0.1, -0.05) is 24.3 Å². The zero-order chi connectivity index (χ0) is 22.3. The van der Waals surface area contributed by atoms with Crippen LogP contribution >= 0.6 is 12.4 Å². The number of rotatable bonds is 8. The number of aromatic nitrogens is 1. The number of carbonyl (C=O) groups is 1. The second kappa shape index (κ2) is 11.5. The molecule has 0 aliphatic carbocycles. The van der Waals surface area contributed by atoms with Crippen molar-refractivity contribution < 1.29 is 19.4 Å². The normalized spacial score (nSPS) is 13.8. The fraction of sp³-hybridized carbons (Fsp3) is 0.280. The smallest absolute Gasteiger partial charge is 0.339 e. The number of hydrogen-bond acceptors (Lipinski definition) is 6. The minimum Gasteiger partial charge on any atom is -0.497 e. The largest absolute Gasteiger partial charge is 0.497 e. The molecule has 0 bridgehead atoms. The molecule has 3 aromatic rings. The Morgan fingerprint density at radius 3 is 2.39 bits per heavy atom. The van der Waals surface area contributed by atoms with Gasteiger partial charge in [-0.3, -0.25) is 4.90 Å². The van der Waals surface area contributed by atoms with E-state index in [2.05, 4.69) is 22.0 Å². The molecule has 33 heavy (non-hydrogen) atoms. The Hall–Kier alpha value is -3.29. The lowest BCUT2D eigenvalue weighted by Crippen LogP contribution is -2.46. The SMILES string of the molecule is COc1cccc(COc2cccc(CN3CCN(c4ncccc4C(=O)O)CC3)c2)c1.Cl. The number of pyridine rings is 1. The molecule has 1 aliphatic heterocycles. The van der Waals surface area contributed by atoms with Gasteiger partial charge in [0.25, 0.3) is 0 Å². The zero-order valence-corrected chi connectivity index (χ0v) is 19.3. The summed E-state index contributed by atoms with van der Waals surface area (Å²) in [4.78, 5) is 20.2. The third-order valence-electron chi connectivity index (χ3n) is 5.53. The molecule has 0 atom stereocenters. The van der Waals surface area contributed by atoms with E-state index in [0.717, 1.165) is 49.8 Å². The standard InChI is InChI=1S/C25H27N3O4.ClH/c1-31-21-7-3-6-20(16-21)18-32-22-8-2-5-19(15-22)17-27-11-13-28(14-12-27)24-23(25(29)30)9-4-10-26-24;/h2-10,15-16H,11-14,17-18H2,1H3,(H,29,30);1H. The van der Waals surface area contributed by atoms with Crippen LogP contribution in [0.3, 0.4) is 0 Å². The third kappa shape index (κ3) is 6.37. The molecular formula is C25H28ClN3O4. The average Bonchev–Trinajstić information content (AvgIpc) is 2.83. The van der Waals surface area contributed by atoms with Gasteiger partial charge in [0.15, 0.2) is 0 Å². The van der Waals surface area contributed by atoms with Gasteiger partial charge in [0, 0.05) is 38.9 Å². The van der Waals surface area contributed by atoms with Crippen molar-refractivity contribution in [1.29, 1.82) is 0 Å². The van der Waals surface area contributed by atoms with E-state index in [1.54, 1.807) is 25.4 Å². The molecule has 0 amide bonds. The molecule has 2 aromatic carbocycles. The van der Waals surface area contributed by atoms with Crippen molar-refractivity contribution in [3.05, 3.63) is 83.6 Å². The van der Waals surface area contributed by atoms with E-state index in [1.807, 2.05) is 41.3 Å². The number of piperazine rings is 1. The van der Waals surface area contributed by atoms with E-state index in [-0.39, 0.29) is 18.0 Å². The van der Waals surface area contributed by atoms with E-state index in [9.17, 15) is 9.90 Å². The molecule has 1 aromatic heterocycles. The molecule has 174 valence electrons. The van der Waals surface area contributed by atoms with Crippen LogP contribution in [0, 0.1) is 0 Å². The first-order valence-electron chi connectivity index (χ1n) is 10.6. The van der Waals surface area contributed by atoms with Crippen LogP contribution in [-0.4, -0.2) is 54.2 Å². The number of hydrogen-bond donors (Lipinski definition) is 1. The van der Waals surface area contributed by atoms with Crippen LogP contribution in [0.5, 0.6) is 11.5 Å². The molecule has 1 saturated heterocycles. The van der Waals surface area contributed by atoms with Crippen molar-refractivity contribution in [2.75, 3.05) is 38.2 Å². The molecule has 1 aliphatic rings. The number of methoxy groups -OCH3 is 1. The maximum absolute atomic E-state index is 11.5. The summed E-state index contributed by atoms with van der Waals surface area (Å²) in [5.41, 5.74) is 2.49. The van der Waals surface area contributed by atoms with Crippen molar-refractivity contribution in [1.82, 2.24) is 9.88 Å². The highest BCUT2D eigenvalue weighted by molar-refractivity contribution is 5.93. The summed E-state index contributed by atoms with van der Waals surface area (Å²) in [5, 5.41) is 9.42. The molecule has 2 heterocycles. The summed E-state index contributed by atoms with van der Waals surface area (Å²) in [6.45, 7) is 4.45. The molecule has 0 spiro atoms. The van der Waals surface area contributed by atoms with Crippen molar-refractivity contribution in [3.63, 3.8) is 0 Å². The maximum atomic E-state index is 11.5. The van der Waals surface area contributed by atoms with Crippen LogP contribution in [0.4, 0.5) is 5.82 Å². The Bertz CT molecular complexity index is 1070. The fourth-order valence-electron chi connectivity index (χ4n) is 3.85. The van der Waals surface area contributed by atoms with E-state index in [4.69, 9.17) is 9.47 Å². The second-order valence-electron chi connectivity index (χ2n) is 7.73. The number of nitrogens with zero attached hydrogens (tertiary/aromatic N) is 3. The third-order valence-corrected chi connectivity index (χ3v) is 5.53. The summed E-state index contributed by atoms with van der Waals surface area (Å²) >= 11 is 0. The first kappa shape index (κ1) is 24.4. The van der Waals surface area contributed by atoms with Gasteiger partial charge >= 0.3 is 5.97 Å². The van der Waals surface area contributed by atoms with Crippen molar-refractivity contribution >= 4 is 24.2 Å². The first-order chi connectivity index (χ1) is 15.6. The molecule has 0 saturated carbocycles. The van der Waals surface area contributed by atoms with E-state index < -0.39 is 5.97 Å². The number of aromatic carboxylic acids is 1. The number of benzene rings is 2. The average molecular weight is 470 g/mol. The Morgan fingerprint density at radius 1 is 0.970 bits per heavy atom. The lowest BCUT2D eigenvalue weighted by Gasteiger charge is -2.35. The summed E-state index contributed by atoms with van der Waals surface area (Å²) < 4.78 is 11.3. The Kier molecular flexibility index (Phi) is 8.52. The number of ether oxygens (including phenoxy) is 2. The predicted octanol–water partition coefficient (Wildman–Crippen LogP) is 4.11. The zero-order valence-electron chi connectivity index (χ0n) is 18.5. The summed E-state index contributed by atoms with van der Waals surface area (Å²) in [6, 6.07) is 19.3. The van der Waals surface area contributed by atoms with E-state index in [1.165, 1.54) is 5.56 Å². The van der Waals surface area contributed by atoms with Crippen LogP contribution in [0.2, 0.25) is 0 Å². The van der Waals surface area contributed by atoms with E-state index >= 15 is 0 Å². The van der Waals surface area contributed by atoms with Crippen LogP contribution in [0.25, 0.3) is 0 Å². The molecule has 1 N–H and O–H groups in total. The number of carboxylic acid groups (broad SMARTS) is 1. The maximum Gasteiger partial charge on any atom is 0.339 e. The molecule has 4 rings (SSSR count). The lowest BCUT2D eigenvalue weighted by atomic mass is 10.1. The molecule has 0 radical (unpaired) electrons. The number of anilines is 1. The highest BCUT2D eigenvalue weighted by Gasteiger charge is 2.22. The van der Waals surface area contributed by atoms with Gasteiger partial charge in [-0.15, -0.1) is 12.4 Å². The highest BCUT2D eigenvalue weighted by Crippen LogP contribution is 2.21. The van der Waals surface area contributed by atoms with Gasteiger partial charge in [-0.25, -0.2) is 9.78 Å². The minimum atomic E-state index is -0.943. The van der Waals surface area contributed by atoms with Crippen LogP contribution in [-0.2, 0) is 13.2 Å². The Morgan fingerprint density at radius 2 is 1.67 bits per heavy atom. The molecular weight excluding hydrogens is 442 g/mol. The van der Waals surface area contributed by atoms with Crippen molar-refractivity contribution in [3.8, 4) is 11.5 Å². The predicted molar refractivity (Wildman–Crippen MR) is 130 cm³/mol. The highest BCUT2D eigenvalue weighted by atomic mass is 35.5. The summed E-state index contributed by atoms with van der Waals surface area (Å²) in [6.07, 6.45) is 1.64. The Balaban J connectivity index is 0.00000306. The fourth-order valence-corrected chi connectivity index (χ4v) is 3.85. The van der Waals surface area contributed by atoms with Crippen LogP contribution < -0.4 is 14.4 Å². The van der Waals surface area contributed by atoms with E-state index in [0.29, 0.717) is 12.4 Å². The van der Waals surface area contributed by atoms with Crippen molar-refractivity contribution in [2.24, 2.45) is 0 Å². The number of carboxylic acids is 1. The van der Waals surface area contributed by atoms with Gasteiger partial charge < -0.3 is 19.5 Å². The summed E-state index contributed by atoms with van der Waals surface area (Å²) in [5.74, 6) is 1.26. The van der Waals surface area contributed by atoms with Crippen molar-refractivity contribution in [2.45, 2.75) is 13.2 Å². The van der Waals surface area contributed by atoms with Gasteiger partial charge in [0.1, 0.15) is 29.5 Å². The van der Waals surface area contributed by atoms with Gasteiger partial charge in [-0.05, 0) is 47.5 Å². The quantitative estimate of drug-likeness (QED) is 0.532. The van der Waals surface area contributed by atoms with Gasteiger partial charge in [0.05, 0.1) is 7.11 Å². The molecule has 0 unspecified atom stereocenters. The molecule has 7 nitrogen and oxygen atoms in total. The molecule has 1 fully saturated rings. The lowest BCUT2D eigenvalue weighted by molar-refractivity contribution is 0.0697. The van der Waals surface area contributed by atoms with Crippen LogP contribution in [0.1, 0.15) is 21.5 Å². The first-order valence-corrected chi connectivity index (χ1v) is 10.6. The van der Waals surface area contributed by atoms with Gasteiger partial charge in [0.2, 0.25) is 0 Å². The topological polar surface area (TPSA) is 75.1 Å². The minimum absolute atomic E-state index is 0. The summed E-state index contributed by atoms with van der Waals surface area (Å²) in [7, 11) is 1.66. The van der Waals surface area contributed by atoms with Crippen LogP contribution in [0.15, 0.2) is 66.9 Å².